The van der Waals surface area contributed by atoms with Crippen molar-refractivity contribution in [2.24, 2.45) is 16.7 Å². The van der Waals surface area contributed by atoms with Gasteiger partial charge in [-0.1, -0.05) is 25.4 Å². The number of piperazine rings is 1. The highest BCUT2D eigenvalue weighted by Gasteiger charge is 2.65. The lowest BCUT2D eigenvalue weighted by Gasteiger charge is -2.40. The maximum Gasteiger partial charge on any atom is 0.419 e. The third kappa shape index (κ3) is 3.64. The maximum atomic E-state index is 13.2. The maximum absolute atomic E-state index is 13.2. The van der Waals surface area contributed by atoms with E-state index in [2.05, 4.69) is 4.98 Å². The van der Waals surface area contributed by atoms with Crippen molar-refractivity contribution in [2.45, 2.75) is 39.3 Å². The Morgan fingerprint density at radius 2 is 1.84 bits per heavy atom. The highest BCUT2D eigenvalue weighted by molar-refractivity contribution is 7.89. The van der Waals surface area contributed by atoms with Crippen molar-refractivity contribution >= 4 is 33.2 Å². The molecule has 0 N–H and O–H groups in total. The van der Waals surface area contributed by atoms with E-state index in [0.717, 1.165) is 12.5 Å². The lowest BCUT2D eigenvalue weighted by molar-refractivity contribution is -0.137. The molecule has 0 amide bonds. The molecule has 0 aromatic carbocycles. The SMILES string of the molecule is CC1(C)[C@@H]2CC[C@@]1(CS(=O)(=O)N1CCN(c3ccc(C(F)(F)F)c(Cl)n3)CC1)C(=O)C2. The van der Waals surface area contributed by atoms with Crippen LogP contribution in [0.15, 0.2) is 12.1 Å². The number of aromatic nitrogens is 1. The molecule has 1 saturated heterocycles. The molecule has 31 heavy (non-hydrogen) atoms. The second-order valence-electron chi connectivity index (χ2n) is 9.31. The molecule has 0 radical (unpaired) electrons. The van der Waals surface area contributed by atoms with Crippen LogP contribution in [0, 0.1) is 16.7 Å². The summed E-state index contributed by atoms with van der Waals surface area (Å²) < 4.78 is 66.4. The van der Waals surface area contributed by atoms with E-state index in [9.17, 15) is 26.4 Å². The van der Waals surface area contributed by atoms with Gasteiger partial charge in [0.05, 0.1) is 11.3 Å². The number of hydrogen-bond donors (Lipinski definition) is 0. The molecule has 1 aliphatic heterocycles. The molecule has 1 aromatic rings. The fourth-order valence-electron chi connectivity index (χ4n) is 5.52. The minimum atomic E-state index is -4.58. The average Bonchev–Trinajstić information content (AvgIpc) is 3.01. The molecule has 3 fully saturated rings. The fourth-order valence-corrected chi connectivity index (χ4v) is 7.98. The monoisotopic (exact) mass is 479 g/mol. The first-order chi connectivity index (χ1) is 14.3. The third-order valence-corrected chi connectivity index (χ3v) is 9.96. The number of ketones is 1. The van der Waals surface area contributed by atoms with E-state index in [-0.39, 0.29) is 54.9 Å². The van der Waals surface area contributed by atoms with Gasteiger partial charge in [-0.15, -0.1) is 0 Å². The van der Waals surface area contributed by atoms with Crippen LogP contribution in [0.3, 0.4) is 0 Å². The van der Waals surface area contributed by atoms with Crippen molar-refractivity contribution in [2.75, 3.05) is 36.8 Å². The first-order valence-corrected chi connectivity index (χ1v) is 12.3. The number of anilines is 1. The highest BCUT2D eigenvalue weighted by atomic mass is 35.5. The minimum Gasteiger partial charge on any atom is -0.354 e. The average molecular weight is 480 g/mol. The molecule has 2 atom stereocenters. The number of pyridine rings is 1. The number of sulfonamides is 1. The Morgan fingerprint density at radius 3 is 2.32 bits per heavy atom. The molecule has 1 aromatic heterocycles. The molecule has 2 aliphatic carbocycles. The van der Waals surface area contributed by atoms with Crippen molar-refractivity contribution in [3.63, 3.8) is 0 Å². The molecule has 0 spiro atoms. The zero-order valence-electron chi connectivity index (χ0n) is 17.4. The topological polar surface area (TPSA) is 70.6 Å². The first-order valence-electron chi connectivity index (χ1n) is 10.3. The molecular formula is C20H25ClF3N3O3S. The molecular weight excluding hydrogens is 455 g/mol. The van der Waals surface area contributed by atoms with Crippen molar-refractivity contribution in [1.82, 2.24) is 9.29 Å². The standard InChI is InChI=1S/C20H25ClF3N3O3S/c1-18(2)13-5-6-19(18,15(28)11-13)12-31(29,30)27-9-7-26(8-10-27)16-4-3-14(17(21)25-16)20(22,23)24/h3-4,13H,5-12H2,1-2H3/t13-,19-/m1/s1. The van der Waals surface area contributed by atoms with Crippen LogP contribution in [0.2, 0.25) is 5.15 Å². The second kappa shape index (κ2) is 7.31. The van der Waals surface area contributed by atoms with Crippen LogP contribution in [-0.2, 0) is 21.0 Å². The summed E-state index contributed by atoms with van der Waals surface area (Å²) >= 11 is 5.71. The Bertz CT molecular complexity index is 1010. The van der Waals surface area contributed by atoms with Gasteiger partial charge < -0.3 is 4.90 Å². The van der Waals surface area contributed by atoms with E-state index < -0.39 is 32.3 Å². The van der Waals surface area contributed by atoms with Crippen molar-refractivity contribution in [3.05, 3.63) is 22.8 Å². The van der Waals surface area contributed by atoms with Crippen LogP contribution in [0.25, 0.3) is 0 Å². The van der Waals surface area contributed by atoms with E-state index in [4.69, 9.17) is 11.6 Å². The molecule has 4 rings (SSSR count). The fraction of sp³-hybridized carbons (Fsp3) is 0.700. The van der Waals surface area contributed by atoms with E-state index in [1.807, 2.05) is 13.8 Å². The van der Waals surface area contributed by atoms with Crippen molar-refractivity contribution in [1.29, 1.82) is 0 Å². The number of carbonyl (C=O) groups excluding carboxylic acids is 1. The Balaban J connectivity index is 1.45. The van der Waals surface area contributed by atoms with Gasteiger partial charge in [0.1, 0.15) is 16.8 Å². The van der Waals surface area contributed by atoms with Gasteiger partial charge in [0.15, 0.2) is 0 Å². The number of carbonyl (C=O) groups is 1. The summed E-state index contributed by atoms with van der Waals surface area (Å²) in [4.78, 5) is 18.3. The lowest BCUT2D eigenvalue weighted by Crippen LogP contribution is -2.53. The predicted octanol–water partition coefficient (Wildman–Crippen LogP) is 3.60. The van der Waals surface area contributed by atoms with E-state index in [1.54, 1.807) is 4.90 Å². The highest BCUT2D eigenvalue weighted by Crippen LogP contribution is 2.64. The number of rotatable bonds is 4. The van der Waals surface area contributed by atoms with Gasteiger partial charge in [-0.25, -0.2) is 13.4 Å². The molecule has 172 valence electrons. The quantitative estimate of drug-likeness (QED) is 0.617. The van der Waals surface area contributed by atoms with Crippen molar-refractivity contribution in [3.8, 4) is 0 Å². The van der Waals surface area contributed by atoms with Crippen LogP contribution >= 0.6 is 11.6 Å². The molecule has 2 saturated carbocycles. The number of fused-ring (bicyclic) bond motifs is 2. The molecule has 2 bridgehead atoms. The minimum absolute atomic E-state index is 0.0551. The van der Waals surface area contributed by atoms with Crippen LogP contribution in [0.5, 0.6) is 0 Å². The van der Waals surface area contributed by atoms with Gasteiger partial charge in [0, 0.05) is 38.0 Å². The van der Waals surface area contributed by atoms with E-state index in [0.29, 0.717) is 12.8 Å². The van der Waals surface area contributed by atoms with Gasteiger partial charge in [-0.2, -0.15) is 17.5 Å². The van der Waals surface area contributed by atoms with Crippen LogP contribution < -0.4 is 4.90 Å². The summed E-state index contributed by atoms with van der Waals surface area (Å²) in [6.07, 6.45) is -2.64. The van der Waals surface area contributed by atoms with E-state index >= 15 is 0 Å². The number of halogens is 4. The van der Waals surface area contributed by atoms with Crippen LogP contribution in [0.4, 0.5) is 19.0 Å². The van der Waals surface area contributed by atoms with Crippen LogP contribution in [-0.4, -0.2) is 55.4 Å². The summed E-state index contributed by atoms with van der Waals surface area (Å²) in [5.74, 6) is 0.397. The Labute approximate surface area is 184 Å². The number of Topliss-reactive ketones (excluding diaryl/α,β-unsaturated/α-hetero) is 1. The van der Waals surface area contributed by atoms with Gasteiger partial charge in [0.25, 0.3) is 0 Å². The van der Waals surface area contributed by atoms with Gasteiger partial charge in [-0.3, -0.25) is 4.79 Å². The lowest BCUT2D eigenvalue weighted by atomic mass is 9.70. The zero-order valence-corrected chi connectivity index (χ0v) is 18.9. The summed E-state index contributed by atoms with van der Waals surface area (Å²) in [5, 5.41) is -0.628. The zero-order chi connectivity index (χ0) is 22.8. The largest absolute Gasteiger partial charge is 0.419 e. The Hall–Kier alpha value is -1.39. The van der Waals surface area contributed by atoms with Gasteiger partial charge in [-0.05, 0) is 36.3 Å². The molecule has 11 heteroatoms. The Morgan fingerprint density at radius 1 is 1.19 bits per heavy atom. The normalized spacial score (nSPS) is 29.0. The molecule has 0 unspecified atom stereocenters. The smallest absolute Gasteiger partial charge is 0.354 e. The molecule has 3 aliphatic rings. The Kier molecular flexibility index (Phi) is 5.38. The number of hydrogen-bond acceptors (Lipinski definition) is 5. The van der Waals surface area contributed by atoms with Crippen LogP contribution in [0.1, 0.15) is 38.7 Å². The van der Waals surface area contributed by atoms with E-state index in [1.165, 1.54) is 10.4 Å². The predicted molar refractivity (Wildman–Crippen MR) is 110 cm³/mol. The number of nitrogens with zero attached hydrogens (tertiary/aromatic N) is 3. The summed E-state index contributed by atoms with van der Waals surface area (Å²) in [7, 11) is -3.66. The third-order valence-electron chi connectivity index (χ3n) is 7.66. The van der Waals surface area contributed by atoms with Crippen molar-refractivity contribution < 1.29 is 26.4 Å². The summed E-state index contributed by atoms with van der Waals surface area (Å²) in [5.41, 5.74) is -2.16. The summed E-state index contributed by atoms with van der Waals surface area (Å²) in [6.45, 7) is 4.92. The molecule has 6 nitrogen and oxygen atoms in total. The summed E-state index contributed by atoms with van der Waals surface area (Å²) in [6, 6.07) is 2.13. The molecule has 2 heterocycles. The number of alkyl halides is 3. The second-order valence-corrected chi connectivity index (χ2v) is 11.6. The first kappa shape index (κ1) is 22.8. The van der Waals surface area contributed by atoms with Gasteiger partial charge >= 0.3 is 6.18 Å². The van der Waals surface area contributed by atoms with Gasteiger partial charge in [0.2, 0.25) is 10.0 Å².